The highest BCUT2D eigenvalue weighted by atomic mass is 16.5. The molecular weight excluding hydrogens is 322 g/mol. The van der Waals surface area contributed by atoms with Crippen LogP contribution >= 0.6 is 0 Å². The fourth-order valence-electron chi connectivity index (χ4n) is 2.54. The van der Waals surface area contributed by atoms with Crippen LogP contribution < -0.4 is 0 Å². The molecule has 0 saturated heterocycles. The summed E-state index contributed by atoms with van der Waals surface area (Å²) in [5, 5.41) is 18.8. The first-order valence-electron chi connectivity index (χ1n) is 9.20. The van der Waals surface area contributed by atoms with Gasteiger partial charge in [0.1, 0.15) is 6.54 Å². The molecule has 2 atom stereocenters. The van der Waals surface area contributed by atoms with Gasteiger partial charge in [0.2, 0.25) is 0 Å². The zero-order chi connectivity index (χ0) is 19.3. The molecule has 0 spiro atoms. The molecule has 0 amide bonds. The molecule has 146 valence electrons. The topological polar surface area (TPSA) is 83.8 Å². The maximum absolute atomic E-state index is 11.9. The minimum atomic E-state index is -1.00. The lowest BCUT2D eigenvalue weighted by atomic mass is 10.1. The van der Waals surface area contributed by atoms with Gasteiger partial charge in [-0.15, -0.1) is 0 Å². The fourth-order valence-corrected chi connectivity index (χ4v) is 2.54. The first kappa shape index (κ1) is 23.6. The number of unbranched alkanes of at least 4 members (excludes halogenated alkanes) is 5. The van der Waals surface area contributed by atoms with Crippen molar-refractivity contribution in [3.8, 4) is 0 Å². The second-order valence-corrected chi connectivity index (χ2v) is 7.59. The third kappa shape index (κ3) is 15.8. The minimum Gasteiger partial charge on any atom is -0.481 e. The van der Waals surface area contributed by atoms with Crippen molar-refractivity contribution in [3.63, 3.8) is 0 Å². The average molecular weight is 358 g/mol. The van der Waals surface area contributed by atoms with E-state index in [9.17, 15) is 14.7 Å². The van der Waals surface area contributed by atoms with Crippen LogP contribution in [0.3, 0.4) is 0 Å². The molecule has 2 unspecified atom stereocenters. The molecule has 0 rings (SSSR count). The molecule has 6 heteroatoms. The molecule has 25 heavy (non-hydrogen) atoms. The van der Waals surface area contributed by atoms with Gasteiger partial charge in [0.25, 0.3) is 0 Å². The Balaban J connectivity index is 4.19. The number of hydrogen-bond donors (Lipinski definition) is 2. The van der Waals surface area contributed by atoms with Gasteiger partial charge in [-0.1, -0.05) is 44.8 Å². The van der Waals surface area contributed by atoms with E-state index in [0.717, 1.165) is 12.8 Å². The van der Waals surface area contributed by atoms with E-state index >= 15 is 0 Å². The fraction of sp³-hybridized carbons (Fsp3) is 0.789. The molecule has 0 fully saturated rings. The largest absolute Gasteiger partial charge is 0.481 e. The van der Waals surface area contributed by atoms with Crippen molar-refractivity contribution < 1.29 is 29.0 Å². The number of ether oxygens (including phenoxy) is 1. The van der Waals surface area contributed by atoms with Crippen LogP contribution in [0.25, 0.3) is 0 Å². The number of allylic oxidation sites excluding steroid dienone is 1. The Morgan fingerprint density at radius 2 is 1.72 bits per heavy atom. The van der Waals surface area contributed by atoms with Crippen LogP contribution in [0.4, 0.5) is 0 Å². The summed E-state index contributed by atoms with van der Waals surface area (Å²) in [6.07, 6.45) is 8.39. The van der Waals surface area contributed by atoms with Crippen LogP contribution in [0.5, 0.6) is 0 Å². The maximum Gasteiger partial charge on any atom is 0.309 e. The molecule has 0 saturated carbocycles. The number of aliphatic hydroxyl groups excluding tert-OH is 1. The number of aliphatic carboxylic acids is 1. The molecule has 0 aliphatic carbocycles. The number of carbonyl (C=O) groups excluding carboxylic acids is 1. The number of carboxylic acid groups (broad SMARTS) is 1. The Labute approximate surface area is 152 Å². The van der Waals surface area contributed by atoms with Crippen molar-refractivity contribution in [1.29, 1.82) is 0 Å². The minimum absolute atomic E-state index is 0.153. The average Bonchev–Trinajstić information content (AvgIpc) is 2.43. The van der Waals surface area contributed by atoms with Crippen LogP contribution in [0.2, 0.25) is 0 Å². The van der Waals surface area contributed by atoms with Gasteiger partial charge < -0.3 is 19.4 Å². The summed E-state index contributed by atoms with van der Waals surface area (Å²) in [6.45, 7) is 2.58. The predicted molar refractivity (Wildman–Crippen MR) is 98.2 cm³/mol. The Morgan fingerprint density at radius 1 is 1.08 bits per heavy atom. The summed E-state index contributed by atoms with van der Waals surface area (Å²) in [4.78, 5) is 22.8. The van der Waals surface area contributed by atoms with E-state index in [1.54, 1.807) is 6.08 Å². The normalized spacial score (nSPS) is 14.4. The molecule has 0 heterocycles. The lowest BCUT2D eigenvalue weighted by Crippen LogP contribution is -2.44. The third-order valence-electron chi connectivity index (χ3n) is 3.66. The van der Waals surface area contributed by atoms with Crippen molar-refractivity contribution in [3.05, 3.63) is 12.2 Å². The third-order valence-corrected chi connectivity index (χ3v) is 3.66. The summed E-state index contributed by atoms with van der Waals surface area (Å²) in [5.41, 5.74) is 0. The molecule has 6 nitrogen and oxygen atoms in total. The van der Waals surface area contributed by atoms with Gasteiger partial charge >= 0.3 is 11.9 Å². The van der Waals surface area contributed by atoms with Gasteiger partial charge in [-0.05, 0) is 12.8 Å². The summed E-state index contributed by atoms with van der Waals surface area (Å²) in [6, 6.07) is 0. The van der Waals surface area contributed by atoms with Gasteiger partial charge in [0.05, 0.1) is 40.1 Å². The summed E-state index contributed by atoms with van der Waals surface area (Å²) in [5.74, 6) is -1.57. The smallest absolute Gasteiger partial charge is 0.309 e. The van der Waals surface area contributed by atoms with Gasteiger partial charge in [-0.3, -0.25) is 9.59 Å². The summed E-state index contributed by atoms with van der Waals surface area (Å²) >= 11 is 0. The molecule has 2 N–H and O–H groups in total. The number of nitrogens with zero attached hydrogens (tertiary/aromatic N) is 1. The predicted octanol–water partition coefficient (Wildman–Crippen LogP) is 2.75. The lowest BCUT2D eigenvalue weighted by molar-refractivity contribution is -0.873. The quantitative estimate of drug-likeness (QED) is 0.216. The molecule has 0 radical (unpaired) electrons. The van der Waals surface area contributed by atoms with E-state index in [-0.39, 0.29) is 12.8 Å². The van der Waals surface area contributed by atoms with Crippen molar-refractivity contribution in [2.24, 2.45) is 0 Å². The van der Waals surface area contributed by atoms with Crippen molar-refractivity contribution in [2.75, 3.05) is 27.7 Å². The van der Waals surface area contributed by atoms with Crippen molar-refractivity contribution >= 4 is 11.9 Å². The van der Waals surface area contributed by atoms with Crippen LogP contribution in [-0.4, -0.2) is 66.5 Å². The Bertz CT molecular complexity index is 415. The number of rotatable bonds is 14. The molecule has 0 aromatic carbocycles. The van der Waals surface area contributed by atoms with Gasteiger partial charge in [0, 0.05) is 0 Å². The van der Waals surface area contributed by atoms with Gasteiger partial charge in [-0.25, -0.2) is 0 Å². The zero-order valence-electron chi connectivity index (χ0n) is 16.2. The van der Waals surface area contributed by atoms with Crippen LogP contribution in [0.15, 0.2) is 12.2 Å². The number of carbonyl (C=O) groups is 2. The number of hydrogen-bond acceptors (Lipinski definition) is 4. The molecule has 0 bridgehead atoms. The van der Waals surface area contributed by atoms with E-state index in [1.165, 1.54) is 25.7 Å². The molecule has 0 aliphatic rings. The number of likely N-dealkylation sites (N-methyl/N-ethyl adjacent to an activating group) is 1. The van der Waals surface area contributed by atoms with Crippen LogP contribution in [0, 0.1) is 0 Å². The summed E-state index contributed by atoms with van der Waals surface area (Å²) < 4.78 is 5.74. The first-order chi connectivity index (χ1) is 11.6. The second kappa shape index (κ2) is 12.9. The van der Waals surface area contributed by atoms with E-state index in [1.807, 2.05) is 27.2 Å². The second-order valence-electron chi connectivity index (χ2n) is 7.59. The maximum atomic E-state index is 11.9. The number of esters is 1. The highest BCUT2D eigenvalue weighted by Crippen LogP contribution is 2.09. The number of carboxylic acids is 1. The number of aliphatic hydroxyl groups is 1. The highest BCUT2D eigenvalue weighted by Gasteiger charge is 2.25. The van der Waals surface area contributed by atoms with E-state index in [0.29, 0.717) is 11.0 Å². The Hall–Kier alpha value is -1.40. The molecule has 0 aromatic heterocycles. The standard InChI is InChI=1S/C19H35NO5/c1-5-6-7-8-9-10-11-12-16(21)13-19(24)25-17(14-18(22)23)15-20(2,3)4/h11-12,16-17,21H,5-10,13-15H2,1-4H3/p+1/b12-11+. The Morgan fingerprint density at radius 3 is 2.28 bits per heavy atom. The van der Waals surface area contributed by atoms with E-state index in [2.05, 4.69) is 6.92 Å². The first-order valence-corrected chi connectivity index (χ1v) is 9.20. The lowest BCUT2D eigenvalue weighted by Gasteiger charge is -2.28. The Kier molecular flexibility index (Phi) is 12.2. The molecule has 0 aromatic rings. The van der Waals surface area contributed by atoms with E-state index < -0.39 is 24.1 Å². The summed E-state index contributed by atoms with van der Waals surface area (Å²) in [7, 11) is 5.71. The number of quaternary nitrogens is 1. The van der Waals surface area contributed by atoms with Crippen LogP contribution in [-0.2, 0) is 14.3 Å². The van der Waals surface area contributed by atoms with Gasteiger partial charge in [-0.2, -0.15) is 0 Å². The monoisotopic (exact) mass is 358 g/mol. The van der Waals surface area contributed by atoms with Crippen molar-refractivity contribution in [1.82, 2.24) is 0 Å². The highest BCUT2D eigenvalue weighted by molar-refractivity contribution is 5.72. The van der Waals surface area contributed by atoms with Crippen LogP contribution in [0.1, 0.15) is 58.3 Å². The molecule has 0 aliphatic heterocycles. The van der Waals surface area contributed by atoms with E-state index in [4.69, 9.17) is 9.84 Å². The van der Waals surface area contributed by atoms with Gasteiger partial charge in [0.15, 0.2) is 6.10 Å². The van der Waals surface area contributed by atoms with Crippen molar-refractivity contribution in [2.45, 2.75) is 70.5 Å². The SMILES string of the molecule is CCCCCCC/C=C/C(O)CC(=O)OC(CC(=O)O)C[N+](C)(C)C. The molecular formula is C19H36NO5+. The zero-order valence-corrected chi connectivity index (χ0v) is 16.2.